The van der Waals surface area contributed by atoms with Crippen LogP contribution in [0.25, 0.3) is 0 Å². The van der Waals surface area contributed by atoms with Crippen molar-refractivity contribution in [3.05, 3.63) is 48.9 Å². The Morgan fingerprint density at radius 2 is 2.17 bits per heavy atom. The Morgan fingerprint density at radius 3 is 2.67 bits per heavy atom. The zero-order valence-corrected chi connectivity index (χ0v) is 7.27. The summed E-state index contributed by atoms with van der Waals surface area (Å²) in [7, 11) is 0. The molecule has 0 saturated carbocycles. The Bertz CT molecular complexity index is 232. The fraction of sp³-hybridized carbons (Fsp3) is 0.100. The average Bonchev–Trinajstić information content (AvgIpc) is 2.10. The molecule has 0 aliphatic rings. The molecule has 2 N–H and O–H groups in total. The van der Waals surface area contributed by atoms with Crippen LogP contribution in [0, 0.1) is 0 Å². The van der Waals surface area contributed by atoms with Crippen molar-refractivity contribution in [2.75, 3.05) is 0 Å². The van der Waals surface area contributed by atoms with Gasteiger partial charge in [0.2, 0.25) is 0 Å². The summed E-state index contributed by atoms with van der Waals surface area (Å²) in [5, 5.41) is 0. The third kappa shape index (κ3) is 5.23. The predicted octanol–water partition coefficient (Wildman–Crippen LogP) is 2.18. The van der Waals surface area contributed by atoms with E-state index >= 15 is 0 Å². The maximum absolute atomic E-state index is 5.23. The minimum atomic E-state index is 1.05. The molecular formula is C10H14N2. The number of nitrogens with zero attached hydrogens (tertiary/aromatic N) is 1. The third-order valence-corrected chi connectivity index (χ3v) is 1.19. The number of rotatable bonds is 4. The van der Waals surface area contributed by atoms with Crippen LogP contribution in [-0.2, 0) is 0 Å². The van der Waals surface area contributed by atoms with Crippen molar-refractivity contribution in [2.45, 2.75) is 6.92 Å². The van der Waals surface area contributed by atoms with Crippen LogP contribution in [0.5, 0.6) is 0 Å². The smallest absolute Gasteiger partial charge is 0.0267 e. The van der Waals surface area contributed by atoms with Crippen LogP contribution < -0.4 is 5.73 Å². The van der Waals surface area contributed by atoms with Crippen LogP contribution in [0.4, 0.5) is 0 Å². The maximum atomic E-state index is 5.23. The molecule has 0 aliphatic carbocycles. The van der Waals surface area contributed by atoms with Crippen LogP contribution in [0.15, 0.2) is 53.8 Å². The molecule has 0 saturated heterocycles. The summed E-state index contributed by atoms with van der Waals surface area (Å²) in [6.45, 7) is 5.40. The monoisotopic (exact) mass is 162 g/mol. The van der Waals surface area contributed by atoms with Crippen LogP contribution in [-0.4, -0.2) is 6.21 Å². The van der Waals surface area contributed by atoms with Gasteiger partial charge in [0.25, 0.3) is 0 Å². The van der Waals surface area contributed by atoms with Crippen molar-refractivity contribution < 1.29 is 0 Å². The standard InChI is InChI=1S/C10H14N2/c1-3-10(7-8-11)6-5-9-12-4-2/h3-9H,2,11H2,1H3/b6-5+,8-7-,10-3-,12-9?. The van der Waals surface area contributed by atoms with Gasteiger partial charge in [0.15, 0.2) is 0 Å². The Morgan fingerprint density at radius 1 is 1.42 bits per heavy atom. The first-order chi connectivity index (χ1) is 5.85. The Hall–Kier alpha value is -1.57. The minimum Gasteiger partial charge on any atom is -0.405 e. The second kappa shape index (κ2) is 7.54. The van der Waals surface area contributed by atoms with Gasteiger partial charge in [-0.3, -0.25) is 4.99 Å². The van der Waals surface area contributed by atoms with Crippen LogP contribution >= 0.6 is 0 Å². The molecule has 0 radical (unpaired) electrons. The highest BCUT2D eigenvalue weighted by Gasteiger charge is 1.78. The molecule has 0 bridgehead atoms. The largest absolute Gasteiger partial charge is 0.405 e. The molecule has 2 heteroatoms. The van der Waals surface area contributed by atoms with Crippen molar-refractivity contribution >= 4 is 6.21 Å². The molecule has 0 aromatic rings. The van der Waals surface area contributed by atoms with Gasteiger partial charge in [0.05, 0.1) is 0 Å². The van der Waals surface area contributed by atoms with E-state index in [0.717, 1.165) is 5.57 Å². The lowest BCUT2D eigenvalue weighted by molar-refractivity contribution is 1.53. The molecule has 64 valence electrons. The van der Waals surface area contributed by atoms with E-state index in [1.165, 1.54) is 12.4 Å². The van der Waals surface area contributed by atoms with E-state index in [0.29, 0.717) is 0 Å². The number of allylic oxidation sites excluding steroid dienone is 5. The molecule has 0 fully saturated rings. The fourth-order valence-corrected chi connectivity index (χ4v) is 0.624. The topological polar surface area (TPSA) is 38.4 Å². The van der Waals surface area contributed by atoms with Crippen LogP contribution in [0.3, 0.4) is 0 Å². The lowest BCUT2D eigenvalue weighted by Crippen LogP contribution is -1.78. The SMILES string of the molecule is C=CN=C/C=C/C(/C=C\N)=C/C. The van der Waals surface area contributed by atoms with Gasteiger partial charge >= 0.3 is 0 Å². The summed E-state index contributed by atoms with van der Waals surface area (Å²) in [5.74, 6) is 0. The van der Waals surface area contributed by atoms with Crippen LogP contribution in [0.1, 0.15) is 6.92 Å². The lowest BCUT2D eigenvalue weighted by atomic mass is 10.2. The molecule has 0 aliphatic heterocycles. The zero-order chi connectivity index (χ0) is 9.23. The Balaban J connectivity index is 4.12. The minimum absolute atomic E-state index is 1.05. The van der Waals surface area contributed by atoms with E-state index in [2.05, 4.69) is 11.6 Å². The number of aliphatic imine (C=N–C) groups is 1. The highest BCUT2D eigenvalue weighted by Crippen LogP contribution is 1.96. The van der Waals surface area contributed by atoms with Gasteiger partial charge in [-0.1, -0.05) is 18.7 Å². The molecule has 0 unspecified atom stereocenters. The molecule has 0 amide bonds. The predicted molar refractivity (Wildman–Crippen MR) is 54.9 cm³/mol. The first-order valence-corrected chi connectivity index (χ1v) is 3.70. The van der Waals surface area contributed by atoms with Gasteiger partial charge in [-0.05, 0) is 30.8 Å². The Labute approximate surface area is 73.5 Å². The number of hydrogen-bond donors (Lipinski definition) is 1. The van der Waals surface area contributed by atoms with E-state index in [9.17, 15) is 0 Å². The maximum Gasteiger partial charge on any atom is 0.0267 e. The average molecular weight is 162 g/mol. The molecule has 0 rings (SSSR count). The summed E-state index contributed by atoms with van der Waals surface area (Å²) < 4.78 is 0. The highest BCUT2D eigenvalue weighted by atomic mass is 14.6. The third-order valence-electron chi connectivity index (χ3n) is 1.19. The second-order valence-electron chi connectivity index (χ2n) is 1.99. The molecule has 0 heterocycles. The van der Waals surface area contributed by atoms with E-state index in [-0.39, 0.29) is 0 Å². The second-order valence-corrected chi connectivity index (χ2v) is 1.99. The van der Waals surface area contributed by atoms with Gasteiger partial charge in [0.1, 0.15) is 0 Å². The molecular weight excluding hydrogens is 148 g/mol. The lowest BCUT2D eigenvalue weighted by Gasteiger charge is -1.87. The normalized spacial score (nSPS) is 13.6. The summed E-state index contributed by atoms with van der Waals surface area (Å²) >= 11 is 0. The van der Waals surface area contributed by atoms with Crippen molar-refractivity contribution in [1.29, 1.82) is 0 Å². The quantitative estimate of drug-likeness (QED) is 0.499. The highest BCUT2D eigenvalue weighted by molar-refractivity contribution is 5.72. The van der Waals surface area contributed by atoms with Gasteiger partial charge in [-0.2, -0.15) is 0 Å². The van der Waals surface area contributed by atoms with Crippen molar-refractivity contribution in [2.24, 2.45) is 10.7 Å². The van der Waals surface area contributed by atoms with Gasteiger partial charge in [-0.15, -0.1) is 0 Å². The molecule has 0 aromatic heterocycles. The van der Waals surface area contributed by atoms with E-state index < -0.39 is 0 Å². The fourth-order valence-electron chi connectivity index (χ4n) is 0.624. The summed E-state index contributed by atoms with van der Waals surface area (Å²) in [6.07, 6.45) is 12.2. The van der Waals surface area contributed by atoms with E-state index in [4.69, 9.17) is 5.73 Å². The molecule has 0 spiro atoms. The van der Waals surface area contributed by atoms with Crippen molar-refractivity contribution in [3.8, 4) is 0 Å². The van der Waals surface area contributed by atoms with Gasteiger partial charge in [0, 0.05) is 12.4 Å². The van der Waals surface area contributed by atoms with E-state index in [1.54, 1.807) is 6.21 Å². The molecule has 2 nitrogen and oxygen atoms in total. The molecule has 0 atom stereocenters. The first-order valence-electron chi connectivity index (χ1n) is 3.70. The van der Waals surface area contributed by atoms with E-state index in [1.807, 2.05) is 31.2 Å². The van der Waals surface area contributed by atoms with Crippen molar-refractivity contribution in [1.82, 2.24) is 0 Å². The van der Waals surface area contributed by atoms with Crippen molar-refractivity contribution in [3.63, 3.8) is 0 Å². The van der Waals surface area contributed by atoms with Crippen LogP contribution in [0.2, 0.25) is 0 Å². The first kappa shape index (κ1) is 10.4. The zero-order valence-electron chi connectivity index (χ0n) is 7.27. The number of nitrogens with two attached hydrogens (primary N) is 1. The summed E-state index contributed by atoms with van der Waals surface area (Å²) in [5.41, 5.74) is 6.28. The number of hydrogen-bond acceptors (Lipinski definition) is 2. The summed E-state index contributed by atoms with van der Waals surface area (Å²) in [6, 6.07) is 0. The van der Waals surface area contributed by atoms with Gasteiger partial charge in [-0.25, -0.2) is 0 Å². The van der Waals surface area contributed by atoms with Gasteiger partial charge < -0.3 is 5.73 Å². The Kier molecular flexibility index (Phi) is 6.55. The molecule has 12 heavy (non-hydrogen) atoms. The molecule has 0 aromatic carbocycles. The summed E-state index contributed by atoms with van der Waals surface area (Å²) in [4.78, 5) is 3.81.